The molecule has 1 saturated heterocycles. The average molecular weight is 250 g/mol. The van der Waals surface area contributed by atoms with Crippen LogP contribution in [0.5, 0.6) is 0 Å². The number of halogens is 1. The van der Waals surface area contributed by atoms with Crippen molar-refractivity contribution in [3.8, 4) is 0 Å². The van der Waals surface area contributed by atoms with Crippen molar-refractivity contribution in [3.05, 3.63) is 35.6 Å². The molecule has 1 heterocycles. The Bertz CT molecular complexity index is 384. The highest BCUT2D eigenvalue weighted by atomic mass is 19.1. The van der Waals surface area contributed by atoms with Crippen LogP contribution in [0.2, 0.25) is 0 Å². The molecule has 0 aliphatic carbocycles. The second-order valence-corrected chi connectivity index (χ2v) is 5.35. The van der Waals surface area contributed by atoms with E-state index in [1.165, 1.54) is 25.3 Å². The fourth-order valence-electron chi connectivity index (χ4n) is 3.21. The van der Waals surface area contributed by atoms with Gasteiger partial charge in [0.2, 0.25) is 0 Å². The Balaban J connectivity index is 2.30. The van der Waals surface area contributed by atoms with Crippen LogP contribution >= 0.6 is 0 Å². The lowest BCUT2D eigenvalue weighted by Crippen LogP contribution is -2.48. The van der Waals surface area contributed by atoms with Crippen molar-refractivity contribution in [1.82, 2.24) is 4.90 Å². The molecule has 100 valence electrons. The molecule has 3 atom stereocenters. The zero-order valence-electron chi connectivity index (χ0n) is 11.3. The average Bonchev–Trinajstić information content (AvgIpc) is 2.35. The van der Waals surface area contributed by atoms with Gasteiger partial charge in [-0.05, 0) is 32.8 Å². The maximum Gasteiger partial charge on any atom is 0.128 e. The van der Waals surface area contributed by atoms with E-state index >= 15 is 0 Å². The molecule has 0 saturated carbocycles. The Morgan fingerprint density at radius 1 is 1.28 bits per heavy atom. The predicted octanol–water partition coefficient (Wildman–Crippen LogP) is 3.09. The Labute approximate surface area is 109 Å². The summed E-state index contributed by atoms with van der Waals surface area (Å²) in [6.45, 7) is 4.91. The van der Waals surface area contributed by atoms with Gasteiger partial charge in [-0.3, -0.25) is 4.90 Å². The Morgan fingerprint density at radius 2 is 1.89 bits per heavy atom. The van der Waals surface area contributed by atoms with Crippen molar-refractivity contribution in [2.75, 3.05) is 6.54 Å². The van der Waals surface area contributed by atoms with Crippen LogP contribution in [0.4, 0.5) is 4.39 Å². The summed E-state index contributed by atoms with van der Waals surface area (Å²) in [6.07, 6.45) is 3.61. The molecule has 1 aromatic rings. The number of hydrogen-bond acceptors (Lipinski definition) is 2. The van der Waals surface area contributed by atoms with Crippen molar-refractivity contribution >= 4 is 0 Å². The van der Waals surface area contributed by atoms with Crippen LogP contribution < -0.4 is 5.73 Å². The molecular formula is C15H23FN2. The Morgan fingerprint density at radius 3 is 2.44 bits per heavy atom. The molecule has 18 heavy (non-hydrogen) atoms. The van der Waals surface area contributed by atoms with Crippen LogP contribution in [0.15, 0.2) is 24.3 Å². The fourth-order valence-corrected chi connectivity index (χ4v) is 3.21. The molecule has 1 fully saturated rings. The monoisotopic (exact) mass is 250 g/mol. The number of piperidine rings is 1. The summed E-state index contributed by atoms with van der Waals surface area (Å²) in [6, 6.07) is 7.95. The van der Waals surface area contributed by atoms with Gasteiger partial charge in [0.05, 0.1) is 6.04 Å². The molecule has 0 radical (unpaired) electrons. The molecule has 3 heteroatoms. The van der Waals surface area contributed by atoms with Crippen molar-refractivity contribution in [2.45, 2.75) is 51.2 Å². The van der Waals surface area contributed by atoms with Crippen molar-refractivity contribution in [3.63, 3.8) is 0 Å². The minimum Gasteiger partial charge on any atom is -0.329 e. The minimum absolute atomic E-state index is 0.00324. The summed E-state index contributed by atoms with van der Waals surface area (Å²) in [5.74, 6) is -0.141. The Kier molecular flexibility index (Phi) is 4.36. The van der Waals surface area contributed by atoms with Gasteiger partial charge < -0.3 is 5.73 Å². The first-order chi connectivity index (χ1) is 8.65. The summed E-state index contributed by atoms with van der Waals surface area (Å²) >= 11 is 0. The third-order valence-corrected chi connectivity index (χ3v) is 4.11. The molecular weight excluding hydrogens is 227 g/mol. The van der Waals surface area contributed by atoms with Gasteiger partial charge in [-0.1, -0.05) is 24.6 Å². The number of likely N-dealkylation sites (tertiary alicyclic amines) is 1. The SMILES string of the molecule is C[C@@H]1CCC[C@H](C)N1C(CN)c1ccccc1F. The second kappa shape index (κ2) is 5.81. The van der Waals surface area contributed by atoms with E-state index in [9.17, 15) is 4.39 Å². The molecule has 1 aliphatic heterocycles. The van der Waals surface area contributed by atoms with E-state index in [4.69, 9.17) is 5.73 Å². The van der Waals surface area contributed by atoms with E-state index in [1.54, 1.807) is 6.07 Å². The van der Waals surface area contributed by atoms with E-state index in [2.05, 4.69) is 18.7 Å². The van der Waals surface area contributed by atoms with E-state index in [0.717, 1.165) is 5.56 Å². The molecule has 0 spiro atoms. The molecule has 2 rings (SSSR count). The van der Waals surface area contributed by atoms with Crippen molar-refractivity contribution < 1.29 is 4.39 Å². The topological polar surface area (TPSA) is 29.3 Å². The van der Waals surface area contributed by atoms with Gasteiger partial charge in [-0.25, -0.2) is 4.39 Å². The summed E-state index contributed by atoms with van der Waals surface area (Å²) in [7, 11) is 0. The highest BCUT2D eigenvalue weighted by Crippen LogP contribution is 2.32. The third-order valence-electron chi connectivity index (χ3n) is 4.11. The normalized spacial score (nSPS) is 27.1. The third kappa shape index (κ3) is 2.57. The number of nitrogens with zero attached hydrogens (tertiary/aromatic N) is 1. The van der Waals surface area contributed by atoms with Crippen molar-refractivity contribution in [2.24, 2.45) is 5.73 Å². The molecule has 0 aromatic heterocycles. The van der Waals surface area contributed by atoms with E-state index < -0.39 is 0 Å². The van der Waals surface area contributed by atoms with Gasteiger partial charge in [-0.2, -0.15) is 0 Å². The molecule has 2 N–H and O–H groups in total. The maximum absolute atomic E-state index is 14.0. The zero-order chi connectivity index (χ0) is 13.1. The number of rotatable bonds is 3. The van der Waals surface area contributed by atoms with Crippen LogP contribution in [0, 0.1) is 5.82 Å². The smallest absolute Gasteiger partial charge is 0.128 e. The van der Waals surface area contributed by atoms with Crippen LogP contribution in [0.1, 0.15) is 44.7 Å². The lowest BCUT2D eigenvalue weighted by molar-refractivity contribution is 0.0562. The number of nitrogens with two attached hydrogens (primary N) is 1. The zero-order valence-corrected chi connectivity index (χ0v) is 11.3. The first kappa shape index (κ1) is 13.5. The van der Waals surface area contributed by atoms with Crippen LogP contribution in [0.3, 0.4) is 0 Å². The van der Waals surface area contributed by atoms with Crippen molar-refractivity contribution in [1.29, 1.82) is 0 Å². The summed E-state index contributed by atoms with van der Waals surface area (Å²) < 4.78 is 14.0. The van der Waals surface area contributed by atoms with Gasteiger partial charge >= 0.3 is 0 Å². The van der Waals surface area contributed by atoms with Crippen LogP contribution in [-0.4, -0.2) is 23.5 Å². The van der Waals surface area contributed by atoms with Gasteiger partial charge in [-0.15, -0.1) is 0 Å². The first-order valence-corrected chi connectivity index (χ1v) is 6.87. The second-order valence-electron chi connectivity index (χ2n) is 5.35. The van der Waals surface area contributed by atoms with E-state index in [0.29, 0.717) is 18.6 Å². The summed E-state index contributed by atoms with van der Waals surface area (Å²) in [5.41, 5.74) is 6.66. The summed E-state index contributed by atoms with van der Waals surface area (Å²) in [4.78, 5) is 2.39. The minimum atomic E-state index is -0.141. The molecule has 0 amide bonds. The maximum atomic E-state index is 14.0. The molecule has 1 aliphatic rings. The molecule has 1 unspecified atom stereocenters. The van der Waals surface area contributed by atoms with E-state index in [-0.39, 0.29) is 11.9 Å². The van der Waals surface area contributed by atoms with Gasteiger partial charge in [0, 0.05) is 24.2 Å². The lowest BCUT2D eigenvalue weighted by atomic mass is 9.92. The van der Waals surface area contributed by atoms with Gasteiger partial charge in [0.15, 0.2) is 0 Å². The first-order valence-electron chi connectivity index (χ1n) is 6.87. The Hall–Kier alpha value is -0.930. The van der Waals surface area contributed by atoms with E-state index in [1.807, 2.05) is 12.1 Å². The van der Waals surface area contributed by atoms with Gasteiger partial charge in [0.25, 0.3) is 0 Å². The quantitative estimate of drug-likeness (QED) is 0.893. The largest absolute Gasteiger partial charge is 0.329 e. The highest BCUT2D eigenvalue weighted by Gasteiger charge is 2.32. The lowest BCUT2D eigenvalue weighted by Gasteiger charge is -2.44. The summed E-state index contributed by atoms with van der Waals surface area (Å²) in [5, 5.41) is 0. The number of hydrogen-bond donors (Lipinski definition) is 1. The van der Waals surface area contributed by atoms with Crippen LogP contribution in [-0.2, 0) is 0 Å². The molecule has 1 aromatic carbocycles. The van der Waals surface area contributed by atoms with Crippen LogP contribution in [0.25, 0.3) is 0 Å². The van der Waals surface area contributed by atoms with Gasteiger partial charge in [0.1, 0.15) is 5.82 Å². The molecule has 0 bridgehead atoms. The predicted molar refractivity (Wildman–Crippen MR) is 72.8 cm³/mol. The fraction of sp³-hybridized carbons (Fsp3) is 0.600. The highest BCUT2D eigenvalue weighted by molar-refractivity contribution is 5.22. The molecule has 2 nitrogen and oxygen atoms in total. The number of benzene rings is 1. The standard InChI is InChI=1S/C15H23FN2/c1-11-6-5-7-12(2)18(11)15(10-17)13-8-3-4-9-14(13)16/h3-4,8-9,11-12,15H,5-7,10,17H2,1-2H3/t11-,12+,15?.